The summed E-state index contributed by atoms with van der Waals surface area (Å²) in [6.07, 6.45) is 7.50. The maximum absolute atomic E-state index is 12.9. The molecule has 0 amide bonds. The van der Waals surface area contributed by atoms with Crippen LogP contribution in [0.1, 0.15) is 54.2 Å². The smallest absolute Gasteiger partial charge is 0.340 e. The van der Waals surface area contributed by atoms with Crippen LogP contribution in [0.4, 0.5) is 0 Å². The van der Waals surface area contributed by atoms with Gasteiger partial charge in [0, 0.05) is 41.4 Å². The molecular weight excluding hydrogens is 328 g/mol. The number of carbonyl (C=O) groups excluding carboxylic acids is 1. The SMILES string of the molecule is CCOC(=O)c1c(C2CC2)nc2c(cnn2CC)c1-c1cncc(C)c1. The topological polar surface area (TPSA) is 69.9 Å². The molecule has 0 atom stereocenters. The van der Waals surface area contributed by atoms with Crippen LogP contribution in [0.5, 0.6) is 0 Å². The van der Waals surface area contributed by atoms with Gasteiger partial charge in [-0.25, -0.2) is 14.5 Å². The van der Waals surface area contributed by atoms with Crippen LogP contribution in [0.15, 0.2) is 24.7 Å². The number of rotatable bonds is 5. The highest BCUT2D eigenvalue weighted by atomic mass is 16.5. The van der Waals surface area contributed by atoms with Crippen molar-refractivity contribution in [1.82, 2.24) is 19.7 Å². The number of aromatic nitrogens is 4. The van der Waals surface area contributed by atoms with E-state index in [1.165, 1.54) is 0 Å². The quantitative estimate of drug-likeness (QED) is 0.653. The molecule has 3 aromatic rings. The predicted octanol–water partition coefficient (Wildman–Crippen LogP) is 3.88. The molecule has 0 N–H and O–H groups in total. The molecule has 0 radical (unpaired) electrons. The minimum Gasteiger partial charge on any atom is -0.462 e. The maximum atomic E-state index is 12.9. The molecule has 3 heterocycles. The monoisotopic (exact) mass is 350 g/mol. The molecule has 0 saturated heterocycles. The van der Waals surface area contributed by atoms with E-state index in [4.69, 9.17) is 9.72 Å². The predicted molar refractivity (Wildman–Crippen MR) is 99.1 cm³/mol. The van der Waals surface area contributed by atoms with Gasteiger partial charge in [-0.2, -0.15) is 5.10 Å². The highest BCUT2D eigenvalue weighted by Gasteiger charge is 2.34. The Balaban J connectivity index is 2.08. The summed E-state index contributed by atoms with van der Waals surface area (Å²) < 4.78 is 7.27. The van der Waals surface area contributed by atoms with Gasteiger partial charge in [0.2, 0.25) is 0 Å². The van der Waals surface area contributed by atoms with Gasteiger partial charge >= 0.3 is 5.97 Å². The summed E-state index contributed by atoms with van der Waals surface area (Å²) in [6.45, 7) is 6.92. The van der Waals surface area contributed by atoms with Crippen molar-refractivity contribution in [3.05, 3.63) is 41.5 Å². The van der Waals surface area contributed by atoms with E-state index in [2.05, 4.69) is 10.1 Å². The fraction of sp³-hybridized carbons (Fsp3) is 0.400. The Hall–Kier alpha value is -2.76. The molecule has 3 aromatic heterocycles. The second-order valence-corrected chi connectivity index (χ2v) is 6.69. The lowest BCUT2D eigenvalue weighted by atomic mass is 9.95. The van der Waals surface area contributed by atoms with Crippen LogP contribution in [0.2, 0.25) is 0 Å². The number of hydrogen-bond donors (Lipinski definition) is 0. The molecule has 134 valence electrons. The summed E-state index contributed by atoms with van der Waals surface area (Å²) in [4.78, 5) is 22.1. The van der Waals surface area contributed by atoms with E-state index in [-0.39, 0.29) is 5.97 Å². The average molecular weight is 350 g/mol. The van der Waals surface area contributed by atoms with E-state index in [9.17, 15) is 4.79 Å². The second kappa shape index (κ2) is 6.52. The summed E-state index contributed by atoms with van der Waals surface area (Å²) in [5.74, 6) is 0.0000789. The molecule has 1 aliphatic carbocycles. The maximum Gasteiger partial charge on any atom is 0.340 e. The first-order chi connectivity index (χ1) is 12.6. The zero-order valence-electron chi connectivity index (χ0n) is 15.3. The van der Waals surface area contributed by atoms with Crippen LogP contribution in [0, 0.1) is 6.92 Å². The third-order valence-electron chi connectivity index (χ3n) is 4.72. The Labute approximate surface area is 152 Å². The summed E-state index contributed by atoms with van der Waals surface area (Å²) in [7, 11) is 0. The first-order valence-electron chi connectivity index (χ1n) is 9.12. The van der Waals surface area contributed by atoms with Gasteiger partial charge in [0.25, 0.3) is 0 Å². The van der Waals surface area contributed by atoms with Gasteiger partial charge < -0.3 is 4.74 Å². The number of hydrogen-bond acceptors (Lipinski definition) is 5. The van der Waals surface area contributed by atoms with Crippen molar-refractivity contribution in [3.8, 4) is 11.1 Å². The molecule has 1 aliphatic rings. The summed E-state index contributed by atoms with van der Waals surface area (Å²) in [5.41, 5.74) is 5.01. The third-order valence-corrected chi connectivity index (χ3v) is 4.72. The fourth-order valence-electron chi connectivity index (χ4n) is 3.39. The van der Waals surface area contributed by atoms with Crippen molar-refractivity contribution in [2.45, 2.75) is 46.1 Å². The zero-order valence-corrected chi connectivity index (χ0v) is 15.3. The lowest BCUT2D eigenvalue weighted by Gasteiger charge is -2.15. The zero-order chi connectivity index (χ0) is 18.3. The number of pyridine rings is 2. The van der Waals surface area contributed by atoms with Gasteiger partial charge in [-0.1, -0.05) is 0 Å². The normalized spacial score (nSPS) is 14.0. The Morgan fingerprint density at radius 2 is 2.08 bits per heavy atom. The molecule has 6 nitrogen and oxygen atoms in total. The van der Waals surface area contributed by atoms with E-state index in [0.29, 0.717) is 18.1 Å². The molecule has 4 rings (SSSR count). The Morgan fingerprint density at radius 1 is 1.27 bits per heavy atom. The van der Waals surface area contributed by atoms with Crippen LogP contribution in [0.25, 0.3) is 22.2 Å². The Bertz CT molecular complexity index is 989. The Morgan fingerprint density at radius 3 is 2.73 bits per heavy atom. The summed E-state index contributed by atoms with van der Waals surface area (Å²) in [6, 6.07) is 2.05. The number of nitrogens with zero attached hydrogens (tertiary/aromatic N) is 4. The van der Waals surface area contributed by atoms with Gasteiger partial charge in [-0.3, -0.25) is 4.98 Å². The molecule has 0 aromatic carbocycles. The lowest BCUT2D eigenvalue weighted by Crippen LogP contribution is -2.13. The van der Waals surface area contributed by atoms with Crippen LogP contribution >= 0.6 is 0 Å². The molecule has 6 heteroatoms. The minimum absolute atomic E-state index is 0.315. The van der Waals surface area contributed by atoms with E-state index in [1.54, 1.807) is 12.4 Å². The van der Waals surface area contributed by atoms with Gasteiger partial charge in [0.05, 0.1) is 24.1 Å². The lowest BCUT2D eigenvalue weighted by molar-refractivity contribution is 0.0525. The molecule has 0 aliphatic heterocycles. The van der Waals surface area contributed by atoms with Gasteiger partial charge in [0.15, 0.2) is 5.65 Å². The van der Waals surface area contributed by atoms with E-state index >= 15 is 0 Å². The second-order valence-electron chi connectivity index (χ2n) is 6.69. The van der Waals surface area contributed by atoms with Crippen LogP contribution in [0.3, 0.4) is 0 Å². The first kappa shape index (κ1) is 16.7. The average Bonchev–Trinajstić information content (AvgIpc) is 3.40. The van der Waals surface area contributed by atoms with Crippen molar-refractivity contribution in [2.24, 2.45) is 0 Å². The Kier molecular flexibility index (Phi) is 4.18. The van der Waals surface area contributed by atoms with E-state index in [1.807, 2.05) is 37.7 Å². The first-order valence-corrected chi connectivity index (χ1v) is 9.12. The largest absolute Gasteiger partial charge is 0.462 e. The van der Waals surface area contributed by atoms with Crippen LogP contribution in [-0.4, -0.2) is 32.3 Å². The summed E-state index contributed by atoms with van der Waals surface area (Å²) >= 11 is 0. The van der Waals surface area contributed by atoms with Crippen molar-refractivity contribution in [3.63, 3.8) is 0 Å². The fourth-order valence-corrected chi connectivity index (χ4v) is 3.39. The van der Waals surface area contributed by atoms with E-state index in [0.717, 1.165) is 52.8 Å². The highest BCUT2D eigenvalue weighted by Crippen LogP contribution is 2.45. The molecule has 1 saturated carbocycles. The van der Waals surface area contributed by atoms with E-state index < -0.39 is 0 Å². The van der Waals surface area contributed by atoms with Crippen molar-refractivity contribution in [2.75, 3.05) is 6.61 Å². The van der Waals surface area contributed by atoms with Crippen molar-refractivity contribution in [1.29, 1.82) is 0 Å². The van der Waals surface area contributed by atoms with Crippen molar-refractivity contribution < 1.29 is 9.53 Å². The van der Waals surface area contributed by atoms with Crippen LogP contribution < -0.4 is 0 Å². The van der Waals surface area contributed by atoms with Gasteiger partial charge in [-0.05, 0) is 45.2 Å². The molecule has 0 unspecified atom stereocenters. The highest BCUT2D eigenvalue weighted by molar-refractivity contribution is 6.07. The van der Waals surface area contributed by atoms with Gasteiger partial charge in [0.1, 0.15) is 0 Å². The molecular formula is C20H22N4O2. The number of ether oxygens (including phenoxy) is 1. The number of esters is 1. The van der Waals surface area contributed by atoms with Gasteiger partial charge in [-0.15, -0.1) is 0 Å². The molecule has 0 bridgehead atoms. The summed E-state index contributed by atoms with van der Waals surface area (Å²) in [5, 5.41) is 5.34. The standard InChI is InChI=1S/C20H22N4O2/c1-4-24-19-15(11-22-24)16(14-8-12(3)9-21-10-14)17(20(25)26-5-2)18(23-19)13-6-7-13/h8-11,13H,4-7H2,1-3H3. The van der Waals surface area contributed by atoms with Crippen molar-refractivity contribution >= 4 is 17.0 Å². The number of carbonyl (C=O) groups is 1. The third kappa shape index (κ3) is 2.75. The number of aryl methyl sites for hydroxylation is 2. The molecule has 26 heavy (non-hydrogen) atoms. The molecule has 1 fully saturated rings. The minimum atomic E-state index is -0.315. The molecule has 0 spiro atoms. The van der Waals surface area contributed by atoms with Crippen LogP contribution in [-0.2, 0) is 11.3 Å². The number of fused-ring (bicyclic) bond motifs is 1.